The maximum atomic E-state index is 10.7. The van der Waals surface area contributed by atoms with Crippen LogP contribution in [0.2, 0.25) is 0 Å². The first-order valence-corrected chi connectivity index (χ1v) is 6.34. The van der Waals surface area contributed by atoms with E-state index in [0.717, 1.165) is 5.56 Å². The highest BCUT2D eigenvalue weighted by Crippen LogP contribution is 2.39. The Morgan fingerprint density at radius 1 is 1.29 bits per heavy atom. The van der Waals surface area contributed by atoms with E-state index < -0.39 is 9.17 Å². The van der Waals surface area contributed by atoms with Crippen LogP contribution in [0.1, 0.15) is 24.3 Å². The van der Waals surface area contributed by atoms with Crippen LogP contribution in [0, 0.1) is 0 Å². The minimum absolute atomic E-state index is 0.201. The van der Waals surface area contributed by atoms with Crippen LogP contribution < -0.4 is 4.74 Å². The molecule has 6 heteroatoms. The first-order valence-electron chi connectivity index (χ1n) is 4.77. The highest BCUT2D eigenvalue weighted by Gasteiger charge is 2.25. The molecule has 0 saturated heterocycles. The largest absolute Gasteiger partial charge is 0.427 e. The van der Waals surface area contributed by atoms with Gasteiger partial charge < -0.3 is 4.74 Å². The standard InChI is InChI=1S/C11H10Cl4O2/c1-7(16)17-9-4-2-8(3-5-9)10(12)6-11(13,14)15/h2-5,10H,6H2,1H3. The lowest BCUT2D eigenvalue weighted by Gasteiger charge is -2.16. The fourth-order valence-corrected chi connectivity index (χ4v) is 2.31. The minimum Gasteiger partial charge on any atom is -0.427 e. The number of halogens is 4. The summed E-state index contributed by atoms with van der Waals surface area (Å²) in [6.07, 6.45) is 0.201. The van der Waals surface area contributed by atoms with E-state index in [4.69, 9.17) is 51.1 Å². The van der Waals surface area contributed by atoms with Crippen LogP contribution in [-0.4, -0.2) is 9.76 Å². The average Bonchev–Trinajstić information content (AvgIpc) is 2.15. The van der Waals surface area contributed by atoms with Gasteiger partial charge in [0.15, 0.2) is 3.79 Å². The Labute approximate surface area is 120 Å². The number of esters is 1. The van der Waals surface area contributed by atoms with Crippen LogP contribution in [0.15, 0.2) is 24.3 Å². The molecule has 0 aliphatic heterocycles. The van der Waals surface area contributed by atoms with Crippen LogP contribution in [0.5, 0.6) is 5.75 Å². The highest BCUT2D eigenvalue weighted by atomic mass is 35.6. The molecule has 0 radical (unpaired) electrons. The summed E-state index contributed by atoms with van der Waals surface area (Å²) in [5.74, 6) is 0.0838. The average molecular weight is 316 g/mol. The van der Waals surface area contributed by atoms with E-state index in [2.05, 4.69) is 0 Å². The zero-order valence-corrected chi connectivity index (χ0v) is 11.9. The third-order valence-electron chi connectivity index (χ3n) is 1.91. The SMILES string of the molecule is CC(=O)Oc1ccc(C(Cl)CC(Cl)(Cl)Cl)cc1. The smallest absolute Gasteiger partial charge is 0.308 e. The quantitative estimate of drug-likeness (QED) is 0.461. The zero-order valence-electron chi connectivity index (χ0n) is 8.92. The maximum absolute atomic E-state index is 10.7. The number of ether oxygens (including phenoxy) is 1. The van der Waals surface area contributed by atoms with Gasteiger partial charge in [-0.2, -0.15) is 0 Å². The summed E-state index contributed by atoms with van der Waals surface area (Å²) >= 11 is 23.1. The fraction of sp³-hybridized carbons (Fsp3) is 0.364. The van der Waals surface area contributed by atoms with Crippen molar-refractivity contribution in [3.8, 4) is 5.75 Å². The molecule has 0 bridgehead atoms. The van der Waals surface area contributed by atoms with Gasteiger partial charge in [0.1, 0.15) is 5.75 Å². The molecule has 1 aromatic carbocycles. The molecule has 1 rings (SSSR count). The molecule has 1 aromatic rings. The van der Waals surface area contributed by atoms with Crippen molar-refractivity contribution in [1.29, 1.82) is 0 Å². The number of carbonyl (C=O) groups excluding carboxylic acids is 1. The van der Waals surface area contributed by atoms with Gasteiger partial charge in [0.05, 0.1) is 5.38 Å². The summed E-state index contributed by atoms with van der Waals surface area (Å²) < 4.78 is 3.50. The Bertz CT molecular complexity index is 383. The van der Waals surface area contributed by atoms with Gasteiger partial charge in [-0.15, -0.1) is 11.6 Å². The van der Waals surface area contributed by atoms with Gasteiger partial charge in [-0.25, -0.2) is 0 Å². The number of hydrogen-bond donors (Lipinski definition) is 0. The summed E-state index contributed by atoms with van der Waals surface area (Å²) in [5, 5.41) is -0.408. The number of alkyl halides is 4. The van der Waals surface area contributed by atoms with Gasteiger partial charge in [0.25, 0.3) is 0 Å². The van der Waals surface area contributed by atoms with Crippen LogP contribution in [0.4, 0.5) is 0 Å². The van der Waals surface area contributed by atoms with Gasteiger partial charge in [-0.05, 0) is 17.7 Å². The van der Waals surface area contributed by atoms with Crippen LogP contribution >= 0.6 is 46.4 Å². The predicted molar refractivity (Wildman–Crippen MR) is 71.3 cm³/mol. The van der Waals surface area contributed by atoms with Crippen molar-refractivity contribution in [2.24, 2.45) is 0 Å². The summed E-state index contributed by atoms with van der Waals surface area (Å²) in [6.45, 7) is 1.33. The normalized spacial score (nSPS) is 13.2. The molecule has 17 heavy (non-hydrogen) atoms. The van der Waals surface area contributed by atoms with Crippen molar-refractivity contribution in [3.63, 3.8) is 0 Å². The van der Waals surface area contributed by atoms with Crippen LogP contribution in [0.3, 0.4) is 0 Å². The monoisotopic (exact) mass is 314 g/mol. The second kappa shape index (κ2) is 6.14. The molecule has 0 N–H and O–H groups in total. The Balaban J connectivity index is 2.70. The zero-order chi connectivity index (χ0) is 13.1. The van der Waals surface area contributed by atoms with E-state index in [0.29, 0.717) is 5.75 Å². The molecule has 1 unspecified atom stereocenters. The molecule has 0 amide bonds. The van der Waals surface area contributed by atoms with E-state index in [9.17, 15) is 4.79 Å². The molecule has 0 heterocycles. The van der Waals surface area contributed by atoms with Crippen molar-refractivity contribution < 1.29 is 9.53 Å². The molecular formula is C11H10Cl4O2. The second-order valence-electron chi connectivity index (χ2n) is 3.45. The van der Waals surface area contributed by atoms with Crippen molar-refractivity contribution in [2.45, 2.75) is 22.5 Å². The summed E-state index contributed by atoms with van der Waals surface area (Å²) in [7, 11) is 0. The maximum Gasteiger partial charge on any atom is 0.308 e. The minimum atomic E-state index is -1.39. The molecule has 2 nitrogen and oxygen atoms in total. The predicted octanol–water partition coefficient (Wildman–Crippen LogP) is 4.65. The lowest BCUT2D eigenvalue weighted by Crippen LogP contribution is -2.06. The topological polar surface area (TPSA) is 26.3 Å². The molecule has 0 aliphatic rings. The van der Waals surface area contributed by atoms with Gasteiger partial charge >= 0.3 is 5.97 Å². The van der Waals surface area contributed by atoms with Gasteiger partial charge in [0, 0.05) is 13.3 Å². The first kappa shape index (κ1) is 14.9. The van der Waals surface area contributed by atoms with Gasteiger partial charge in [-0.3, -0.25) is 4.79 Å². The van der Waals surface area contributed by atoms with E-state index in [-0.39, 0.29) is 12.4 Å². The summed E-state index contributed by atoms with van der Waals surface area (Å²) in [5.41, 5.74) is 0.800. The molecular weight excluding hydrogens is 306 g/mol. The number of benzene rings is 1. The lowest BCUT2D eigenvalue weighted by molar-refractivity contribution is -0.131. The molecule has 0 spiro atoms. The van der Waals surface area contributed by atoms with E-state index in [1.807, 2.05) is 0 Å². The lowest BCUT2D eigenvalue weighted by atomic mass is 10.1. The Morgan fingerprint density at radius 3 is 2.24 bits per heavy atom. The molecule has 94 valence electrons. The van der Waals surface area contributed by atoms with Gasteiger partial charge in [-0.1, -0.05) is 46.9 Å². The number of rotatable bonds is 3. The van der Waals surface area contributed by atoms with Crippen molar-refractivity contribution in [2.75, 3.05) is 0 Å². The van der Waals surface area contributed by atoms with E-state index in [1.165, 1.54) is 6.92 Å². The van der Waals surface area contributed by atoms with Crippen molar-refractivity contribution in [3.05, 3.63) is 29.8 Å². The van der Waals surface area contributed by atoms with Crippen LogP contribution in [0.25, 0.3) is 0 Å². The molecule has 0 saturated carbocycles. The third-order valence-corrected chi connectivity index (χ3v) is 2.78. The molecule has 1 atom stereocenters. The molecule has 0 fully saturated rings. The molecule has 0 aliphatic carbocycles. The summed E-state index contributed by atoms with van der Waals surface area (Å²) in [4.78, 5) is 10.7. The van der Waals surface area contributed by atoms with E-state index in [1.54, 1.807) is 24.3 Å². The third kappa shape index (κ3) is 5.82. The van der Waals surface area contributed by atoms with Crippen LogP contribution in [-0.2, 0) is 4.79 Å². The van der Waals surface area contributed by atoms with Gasteiger partial charge in [0.2, 0.25) is 0 Å². The first-order chi connectivity index (χ1) is 7.78. The Kier molecular flexibility index (Phi) is 5.39. The Hall–Kier alpha value is -0.150. The fourth-order valence-electron chi connectivity index (χ4n) is 1.23. The second-order valence-corrected chi connectivity index (χ2v) is 6.49. The van der Waals surface area contributed by atoms with Crippen molar-refractivity contribution in [1.82, 2.24) is 0 Å². The van der Waals surface area contributed by atoms with E-state index >= 15 is 0 Å². The van der Waals surface area contributed by atoms with Crippen molar-refractivity contribution >= 4 is 52.4 Å². The Morgan fingerprint density at radius 2 is 1.82 bits per heavy atom. The number of hydrogen-bond acceptors (Lipinski definition) is 2. The molecule has 0 aromatic heterocycles. The number of carbonyl (C=O) groups is 1. The summed E-state index contributed by atoms with van der Waals surface area (Å²) in [6, 6.07) is 6.74. The highest BCUT2D eigenvalue weighted by molar-refractivity contribution is 6.67.